The topological polar surface area (TPSA) is 102 Å². The number of thiophene rings is 1. The highest BCUT2D eigenvalue weighted by molar-refractivity contribution is 8.00. The number of benzene rings is 2. The maximum absolute atomic E-state index is 13.6. The molecule has 0 saturated heterocycles. The van der Waals surface area contributed by atoms with Crippen molar-refractivity contribution >= 4 is 51.3 Å². The quantitative estimate of drug-likeness (QED) is 0.0734. The molecule has 1 N–H and O–H groups in total. The first kappa shape index (κ1) is 28.8. The first-order chi connectivity index (χ1) is 20.0. The van der Waals surface area contributed by atoms with Crippen molar-refractivity contribution < 1.29 is 24.2 Å². The van der Waals surface area contributed by atoms with Crippen LogP contribution in [0.3, 0.4) is 0 Å². The maximum atomic E-state index is 13.6. The van der Waals surface area contributed by atoms with Gasteiger partial charge in [0.2, 0.25) is 10.9 Å². The van der Waals surface area contributed by atoms with Crippen LogP contribution in [0, 0.1) is 0 Å². The zero-order valence-electron chi connectivity index (χ0n) is 22.6. The van der Waals surface area contributed by atoms with Crippen LogP contribution in [0.15, 0.2) is 81.7 Å². The van der Waals surface area contributed by atoms with Gasteiger partial charge in [0.15, 0.2) is 21.6 Å². The summed E-state index contributed by atoms with van der Waals surface area (Å²) in [7, 11) is 1.54. The number of anilines is 1. The summed E-state index contributed by atoms with van der Waals surface area (Å²) in [6, 6.07) is 17.8. The highest BCUT2D eigenvalue weighted by Gasteiger charge is 2.46. The molecule has 4 aromatic rings. The molecule has 0 saturated carbocycles. The van der Waals surface area contributed by atoms with Gasteiger partial charge in [0.05, 0.1) is 30.2 Å². The van der Waals surface area contributed by atoms with Crippen molar-refractivity contribution in [3.63, 3.8) is 0 Å². The molecule has 212 valence electrons. The summed E-state index contributed by atoms with van der Waals surface area (Å²) in [6.45, 7) is 2.68. The molecule has 1 unspecified atom stereocenters. The third kappa shape index (κ3) is 6.32. The lowest BCUT2D eigenvalue weighted by atomic mass is 9.95. The van der Waals surface area contributed by atoms with E-state index in [0.717, 1.165) is 24.8 Å². The van der Waals surface area contributed by atoms with E-state index >= 15 is 0 Å². The molecule has 2 aromatic carbocycles. The van der Waals surface area contributed by atoms with E-state index in [4.69, 9.17) is 9.47 Å². The molecule has 1 aliphatic rings. The number of amides is 1. The van der Waals surface area contributed by atoms with Crippen LogP contribution in [-0.2, 0) is 10.5 Å². The average Bonchev–Trinajstić information content (AvgIpc) is 3.75. The molecule has 3 heterocycles. The molecule has 41 heavy (non-hydrogen) atoms. The zero-order chi connectivity index (χ0) is 28.8. The first-order valence-corrected chi connectivity index (χ1v) is 15.9. The second kappa shape index (κ2) is 13.3. The number of unbranched alkanes of at least 4 members (excludes halogenated alkanes) is 2. The Morgan fingerprint density at radius 1 is 1.07 bits per heavy atom. The van der Waals surface area contributed by atoms with E-state index in [-0.39, 0.29) is 10.7 Å². The van der Waals surface area contributed by atoms with Crippen LogP contribution in [0.2, 0.25) is 0 Å². The highest BCUT2D eigenvalue weighted by Crippen LogP contribution is 2.45. The van der Waals surface area contributed by atoms with Gasteiger partial charge in [-0.15, -0.1) is 21.5 Å². The van der Waals surface area contributed by atoms with Crippen LogP contribution in [-0.4, -0.2) is 40.7 Å². The number of aliphatic hydroxyl groups excluding tert-OH is 1. The van der Waals surface area contributed by atoms with E-state index in [1.807, 2.05) is 30.3 Å². The number of thioether (sulfide) groups is 1. The molecule has 0 bridgehead atoms. The fraction of sp³-hybridized carbons (Fsp3) is 0.267. The van der Waals surface area contributed by atoms with E-state index in [1.165, 1.54) is 39.3 Å². The van der Waals surface area contributed by atoms with Gasteiger partial charge in [-0.25, -0.2) is 0 Å². The van der Waals surface area contributed by atoms with Crippen molar-refractivity contribution in [3.05, 3.63) is 93.4 Å². The summed E-state index contributed by atoms with van der Waals surface area (Å²) in [5.41, 5.74) is 1.70. The third-order valence-corrected chi connectivity index (χ3v) is 9.51. The third-order valence-electron chi connectivity index (χ3n) is 6.51. The molecule has 8 nitrogen and oxygen atoms in total. The standard InChI is InChI=1S/C30H29N3O5S3/c1-3-4-8-15-38-21-14-13-20(17-22(21)37-2)25-24(26(34)23-12-9-16-39-23)27(35)28(36)33(25)29-31-32-30(41-29)40-18-19-10-6-5-7-11-19/h5-7,9-14,16-17,25,35H,3-4,8,15,18H2,1-2H3. The molecular formula is C30H29N3O5S3. The van der Waals surface area contributed by atoms with Gasteiger partial charge >= 0.3 is 0 Å². The molecule has 5 rings (SSSR count). The second-order valence-corrected chi connectivity index (χ2v) is 12.4. The normalized spacial score (nSPS) is 15.0. The Labute approximate surface area is 250 Å². The largest absolute Gasteiger partial charge is 0.503 e. The van der Waals surface area contributed by atoms with Crippen LogP contribution >= 0.6 is 34.4 Å². The summed E-state index contributed by atoms with van der Waals surface area (Å²) in [4.78, 5) is 28.9. The summed E-state index contributed by atoms with van der Waals surface area (Å²) < 4.78 is 12.2. The summed E-state index contributed by atoms with van der Waals surface area (Å²) >= 11 is 3.99. The number of hydrogen-bond donors (Lipinski definition) is 1. The Bertz CT molecular complexity index is 1540. The predicted molar refractivity (Wildman–Crippen MR) is 162 cm³/mol. The van der Waals surface area contributed by atoms with Crippen molar-refractivity contribution in [2.75, 3.05) is 18.6 Å². The number of nitrogens with zero attached hydrogens (tertiary/aromatic N) is 3. The van der Waals surface area contributed by atoms with Gasteiger partial charge in [-0.1, -0.05) is 85.3 Å². The number of methoxy groups -OCH3 is 1. The number of carbonyl (C=O) groups is 2. The minimum absolute atomic E-state index is 0.00944. The number of rotatable bonds is 13. The molecule has 0 radical (unpaired) electrons. The van der Waals surface area contributed by atoms with Gasteiger partial charge in [0, 0.05) is 5.75 Å². The van der Waals surface area contributed by atoms with Gasteiger partial charge in [-0.2, -0.15) is 0 Å². The van der Waals surface area contributed by atoms with E-state index < -0.39 is 23.5 Å². The molecule has 0 spiro atoms. The number of carbonyl (C=O) groups excluding carboxylic acids is 2. The van der Waals surface area contributed by atoms with Crippen LogP contribution in [0.4, 0.5) is 5.13 Å². The van der Waals surface area contributed by atoms with Crippen molar-refractivity contribution in [2.24, 2.45) is 0 Å². The molecular weight excluding hydrogens is 579 g/mol. The predicted octanol–water partition coefficient (Wildman–Crippen LogP) is 7.25. The fourth-order valence-electron chi connectivity index (χ4n) is 4.48. The number of ether oxygens (including phenoxy) is 2. The lowest BCUT2D eigenvalue weighted by Crippen LogP contribution is -2.31. The first-order valence-electron chi connectivity index (χ1n) is 13.2. The van der Waals surface area contributed by atoms with Crippen molar-refractivity contribution in [3.8, 4) is 11.5 Å². The minimum Gasteiger partial charge on any atom is -0.503 e. The van der Waals surface area contributed by atoms with Crippen molar-refractivity contribution in [2.45, 2.75) is 42.3 Å². The number of Topliss-reactive ketones (excluding diaryl/α,β-unsaturated/α-hetero) is 1. The Morgan fingerprint density at radius 3 is 2.63 bits per heavy atom. The van der Waals surface area contributed by atoms with E-state index in [2.05, 4.69) is 17.1 Å². The number of aromatic nitrogens is 2. The average molecular weight is 608 g/mol. The number of hydrogen-bond acceptors (Lipinski definition) is 10. The van der Waals surface area contributed by atoms with Gasteiger partial charge in [-0.3, -0.25) is 14.5 Å². The van der Waals surface area contributed by atoms with E-state index in [9.17, 15) is 14.7 Å². The van der Waals surface area contributed by atoms with Gasteiger partial charge in [0.1, 0.15) is 0 Å². The Kier molecular flexibility index (Phi) is 9.38. The van der Waals surface area contributed by atoms with Crippen molar-refractivity contribution in [1.29, 1.82) is 0 Å². The van der Waals surface area contributed by atoms with Gasteiger partial charge < -0.3 is 14.6 Å². The Balaban J connectivity index is 1.49. The smallest absolute Gasteiger partial charge is 0.296 e. The SMILES string of the molecule is CCCCCOc1ccc(C2C(C(=O)c3cccs3)=C(O)C(=O)N2c2nnc(SCc3ccccc3)s2)cc1OC. The van der Waals surface area contributed by atoms with Crippen LogP contribution in [0.1, 0.15) is 53.0 Å². The lowest BCUT2D eigenvalue weighted by Gasteiger charge is -2.24. The Hall–Kier alpha value is -3.67. The van der Waals surface area contributed by atoms with Crippen LogP contribution in [0.5, 0.6) is 11.5 Å². The van der Waals surface area contributed by atoms with Crippen molar-refractivity contribution in [1.82, 2.24) is 10.2 Å². The maximum Gasteiger partial charge on any atom is 0.296 e. The zero-order valence-corrected chi connectivity index (χ0v) is 25.1. The van der Waals surface area contributed by atoms with Gasteiger partial charge in [-0.05, 0) is 41.1 Å². The van der Waals surface area contributed by atoms with Crippen LogP contribution < -0.4 is 14.4 Å². The number of aliphatic hydroxyl groups is 1. The molecule has 1 aliphatic heterocycles. The molecule has 1 amide bonds. The number of ketones is 1. The molecule has 11 heteroatoms. The van der Waals surface area contributed by atoms with E-state index in [0.29, 0.717) is 38.6 Å². The summed E-state index contributed by atoms with van der Waals surface area (Å²) in [6.07, 6.45) is 3.06. The van der Waals surface area contributed by atoms with Crippen LogP contribution in [0.25, 0.3) is 0 Å². The lowest BCUT2D eigenvalue weighted by molar-refractivity contribution is -0.117. The van der Waals surface area contributed by atoms with E-state index in [1.54, 1.807) is 42.8 Å². The Morgan fingerprint density at radius 2 is 1.90 bits per heavy atom. The molecule has 0 aliphatic carbocycles. The molecule has 0 fully saturated rings. The fourth-order valence-corrected chi connectivity index (χ4v) is 6.98. The monoisotopic (exact) mass is 607 g/mol. The second-order valence-electron chi connectivity index (χ2n) is 9.24. The molecule has 1 atom stereocenters. The highest BCUT2D eigenvalue weighted by atomic mass is 32.2. The summed E-state index contributed by atoms with van der Waals surface area (Å²) in [5, 5.41) is 21.7. The summed E-state index contributed by atoms with van der Waals surface area (Å²) in [5.74, 6) is 0.0103. The molecule has 2 aromatic heterocycles. The van der Waals surface area contributed by atoms with Gasteiger partial charge in [0.25, 0.3) is 5.91 Å². The minimum atomic E-state index is -0.930.